The highest BCUT2D eigenvalue weighted by Gasteiger charge is 2.23. The van der Waals surface area contributed by atoms with Crippen molar-refractivity contribution in [2.75, 3.05) is 5.32 Å². The molecule has 0 spiro atoms. The molecule has 1 saturated carbocycles. The summed E-state index contributed by atoms with van der Waals surface area (Å²) in [6.45, 7) is 0. The third-order valence-corrected chi connectivity index (χ3v) is 3.49. The van der Waals surface area contributed by atoms with Gasteiger partial charge in [0.1, 0.15) is 0 Å². The Morgan fingerprint density at radius 1 is 1.29 bits per heavy atom. The third-order valence-electron chi connectivity index (χ3n) is 2.48. The zero-order chi connectivity index (χ0) is 11.5. The number of rotatable bonds is 5. The van der Waals surface area contributed by atoms with Crippen molar-refractivity contribution in [3.8, 4) is 0 Å². The first-order valence-corrected chi connectivity index (χ1v) is 6.66. The van der Waals surface area contributed by atoms with E-state index < -0.39 is 0 Å². The van der Waals surface area contributed by atoms with E-state index in [1.807, 2.05) is 18.2 Å². The summed E-state index contributed by atoms with van der Waals surface area (Å²) in [5.41, 5.74) is 0. The lowest BCUT2D eigenvalue weighted by Gasteiger charge is -1.96. The van der Waals surface area contributed by atoms with Crippen molar-refractivity contribution in [2.45, 2.75) is 29.5 Å². The molecule has 1 aliphatic carbocycles. The minimum Gasteiger partial charge on any atom is -0.335 e. The van der Waals surface area contributed by atoms with Crippen LogP contribution >= 0.6 is 11.8 Å². The fraction of sp³-hybridized carbons (Fsp3) is 0.333. The van der Waals surface area contributed by atoms with Gasteiger partial charge in [-0.15, -0.1) is 11.8 Å². The first-order valence-electron chi connectivity index (χ1n) is 5.67. The molecule has 0 amide bonds. The predicted octanol–water partition coefficient (Wildman–Crippen LogP) is 2.94. The highest BCUT2D eigenvalue weighted by atomic mass is 32.2. The number of nitrogens with zero attached hydrogens (tertiary/aromatic N) is 2. The fourth-order valence-corrected chi connectivity index (χ4v) is 2.20. The van der Waals surface area contributed by atoms with E-state index in [2.05, 4.69) is 27.6 Å². The number of nitrogens with one attached hydrogen (secondary N) is 1. The van der Waals surface area contributed by atoms with Crippen molar-refractivity contribution in [2.24, 2.45) is 0 Å². The molecule has 1 aliphatic rings. The van der Waals surface area contributed by atoms with Gasteiger partial charge in [-0.05, 0) is 25.0 Å². The molecular weight excluding hydrogens is 234 g/mol. The molecule has 4 nitrogen and oxygen atoms in total. The Kier molecular flexibility index (Phi) is 3.00. The van der Waals surface area contributed by atoms with Gasteiger partial charge < -0.3 is 9.84 Å². The molecule has 0 unspecified atom stereocenters. The van der Waals surface area contributed by atoms with Crippen molar-refractivity contribution in [3.63, 3.8) is 0 Å². The van der Waals surface area contributed by atoms with Crippen LogP contribution in [0.2, 0.25) is 0 Å². The Morgan fingerprint density at radius 2 is 2.12 bits per heavy atom. The van der Waals surface area contributed by atoms with Gasteiger partial charge in [-0.2, -0.15) is 4.98 Å². The summed E-state index contributed by atoms with van der Waals surface area (Å²) < 4.78 is 5.12. The fourth-order valence-electron chi connectivity index (χ4n) is 1.44. The normalized spacial score (nSPS) is 14.8. The lowest BCUT2D eigenvalue weighted by Crippen LogP contribution is -2.00. The van der Waals surface area contributed by atoms with Crippen LogP contribution in [0.5, 0.6) is 0 Å². The maximum absolute atomic E-state index is 5.12. The van der Waals surface area contributed by atoms with E-state index in [0.29, 0.717) is 12.1 Å². The third kappa shape index (κ3) is 3.00. The summed E-state index contributed by atoms with van der Waals surface area (Å²) in [4.78, 5) is 5.51. The molecule has 0 bridgehead atoms. The summed E-state index contributed by atoms with van der Waals surface area (Å²) in [5, 5.41) is 7.13. The van der Waals surface area contributed by atoms with Crippen LogP contribution < -0.4 is 5.32 Å². The van der Waals surface area contributed by atoms with Crippen LogP contribution in [-0.4, -0.2) is 16.2 Å². The van der Waals surface area contributed by atoms with Gasteiger partial charge in [0.05, 0.1) is 5.75 Å². The van der Waals surface area contributed by atoms with Gasteiger partial charge in [0.2, 0.25) is 0 Å². The van der Waals surface area contributed by atoms with Crippen molar-refractivity contribution in [1.82, 2.24) is 10.1 Å². The minimum atomic E-state index is 0.546. The largest absolute Gasteiger partial charge is 0.335 e. The quantitative estimate of drug-likeness (QED) is 0.823. The molecule has 1 aromatic heterocycles. The summed E-state index contributed by atoms with van der Waals surface area (Å²) in [6, 6.07) is 11.3. The topological polar surface area (TPSA) is 51.0 Å². The lowest BCUT2D eigenvalue weighted by molar-refractivity contribution is 0.424. The Morgan fingerprint density at radius 3 is 2.88 bits per heavy atom. The second-order valence-electron chi connectivity index (χ2n) is 4.04. The molecule has 17 heavy (non-hydrogen) atoms. The van der Waals surface area contributed by atoms with Crippen LogP contribution in [0, 0.1) is 0 Å². The summed E-state index contributed by atoms with van der Waals surface area (Å²) in [7, 11) is 0. The smallest absolute Gasteiger partial charge is 0.321 e. The Bertz CT molecular complexity index is 482. The molecule has 1 aromatic carbocycles. The second kappa shape index (κ2) is 4.79. The summed E-state index contributed by atoms with van der Waals surface area (Å²) in [6.07, 6.45) is 2.41. The number of anilines is 1. The molecule has 2 aromatic rings. The number of benzene rings is 1. The number of hydrogen-bond acceptors (Lipinski definition) is 5. The average molecular weight is 247 g/mol. The standard InChI is InChI=1S/C12H13N3OS/c1-2-4-10(5-3-1)17-8-11-14-12(16-15-11)13-9-6-7-9/h1-5,9H,6-8H2,(H,13,14,15). The van der Waals surface area contributed by atoms with Gasteiger partial charge >= 0.3 is 6.01 Å². The molecule has 1 heterocycles. The zero-order valence-corrected chi connectivity index (χ0v) is 10.1. The highest BCUT2D eigenvalue weighted by molar-refractivity contribution is 7.98. The molecule has 88 valence electrons. The van der Waals surface area contributed by atoms with E-state index in [-0.39, 0.29) is 0 Å². The predicted molar refractivity (Wildman–Crippen MR) is 66.9 cm³/mol. The Labute approximate surface area is 104 Å². The van der Waals surface area contributed by atoms with E-state index in [0.717, 1.165) is 11.6 Å². The van der Waals surface area contributed by atoms with Crippen molar-refractivity contribution < 1.29 is 4.52 Å². The van der Waals surface area contributed by atoms with Crippen LogP contribution in [-0.2, 0) is 5.75 Å². The minimum absolute atomic E-state index is 0.546. The van der Waals surface area contributed by atoms with Crippen LogP contribution in [0.1, 0.15) is 18.7 Å². The first-order chi connectivity index (χ1) is 8.40. The monoisotopic (exact) mass is 247 g/mol. The van der Waals surface area contributed by atoms with Crippen LogP contribution in [0.25, 0.3) is 0 Å². The van der Waals surface area contributed by atoms with Gasteiger partial charge in [0, 0.05) is 10.9 Å². The van der Waals surface area contributed by atoms with Gasteiger partial charge in [-0.25, -0.2) is 0 Å². The van der Waals surface area contributed by atoms with E-state index in [1.165, 1.54) is 17.7 Å². The number of thioether (sulfide) groups is 1. The molecule has 0 radical (unpaired) electrons. The Balaban J connectivity index is 1.55. The summed E-state index contributed by atoms with van der Waals surface area (Å²) in [5.74, 6) is 1.47. The average Bonchev–Trinajstić information content (AvgIpc) is 3.06. The molecule has 1 N–H and O–H groups in total. The van der Waals surface area contributed by atoms with Gasteiger partial charge in [0.25, 0.3) is 0 Å². The maximum Gasteiger partial charge on any atom is 0.321 e. The molecule has 0 atom stereocenters. The van der Waals surface area contributed by atoms with E-state index >= 15 is 0 Å². The van der Waals surface area contributed by atoms with Gasteiger partial charge in [-0.3, -0.25) is 0 Å². The van der Waals surface area contributed by atoms with E-state index in [4.69, 9.17) is 4.52 Å². The number of hydrogen-bond donors (Lipinski definition) is 1. The highest BCUT2D eigenvalue weighted by Crippen LogP contribution is 2.25. The maximum atomic E-state index is 5.12. The van der Waals surface area contributed by atoms with Crippen LogP contribution in [0.4, 0.5) is 6.01 Å². The lowest BCUT2D eigenvalue weighted by atomic mass is 10.4. The van der Waals surface area contributed by atoms with Crippen molar-refractivity contribution >= 4 is 17.8 Å². The second-order valence-corrected chi connectivity index (χ2v) is 5.08. The van der Waals surface area contributed by atoms with Crippen molar-refractivity contribution in [3.05, 3.63) is 36.2 Å². The molecule has 3 rings (SSSR count). The van der Waals surface area contributed by atoms with E-state index in [1.54, 1.807) is 11.8 Å². The van der Waals surface area contributed by atoms with Crippen molar-refractivity contribution in [1.29, 1.82) is 0 Å². The van der Waals surface area contributed by atoms with Gasteiger partial charge in [-0.1, -0.05) is 23.4 Å². The van der Waals surface area contributed by atoms with Crippen LogP contribution in [0.3, 0.4) is 0 Å². The first kappa shape index (κ1) is 10.7. The molecule has 0 aliphatic heterocycles. The molecular formula is C12H13N3OS. The SMILES string of the molecule is c1ccc(SCc2noc(NC3CC3)n2)cc1. The molecule has 1 fully saturated rings. The van der Waals surface area contributed by atoms with E-state index in [9.17, 15) is 0 Å². The molecule has 5 heteroatoms. The van der Waals surface area contributed by atoms with Gasteiger partial charge in [0.15, 0.2) is 5.82 Å². The number of aromatic nitrogens is 2. The molecule has 0 saturated heterocycles. The zero-order valence-electron chi connectivity index (χ0n) is 9.30. The van der Waals surface area contributed by atoms with Crippen LogP contribution in [0.15, 0.2) is 39.8 Å². The summed E-state index contributed by atoms with van der Waals surface area (Å²) >= 11 is 1.71. The Hall–Kier alpha value is -1.49.